The van der Waals surface area contributed by atoms with Crippen LogP contribution in [0.1, 0.15) is 12.5 Å². The second kappa shape index (κ2) is 12.3. The minimum absolute atomic E-state index is 0.0351. The van der Waals surface area contributed by atoms with Crippen molar-refractivity contribution in [2.45, 2.75) is 24.4 Å². The Morgan fingerprint density at radius 3 is 2.25 bits per heavy atom. The van der Waals surface area contributed by atoms with E-state index in [-0.39, 0.29) is 39.5 Å². The number of fused-ring (bicyclic) bond motifs is 1. The molecule has 0 unspecified atom stereocenters. The molecule has 0 fully saturated rings. The molecule has 3 aromatic rings. The number of hydrogen-bond donors (Lipinski definition) is 1. The minimum Gasteiger partial charge on any atom is -0.486 e. The van der Waals surface area contributed by atoms with Crippen LogP contribution in [0.5, 0.6) is 11.5 Å². The maximum Gasteiger partial charge on any atom is 0.264 e. The first-order valence-electron chi connectivity index (χ1n) is 12.1. The smallest absolute Gasteiger partial charge is 0.264 e. The molecule has 1 atom stereocenters. The van der Waals surface area contributed by atoms with Crippen LogP contribution in [-0.2, 0) is 26.2 Å². The predicted molar refractivity (Wildman–Crippen MR) is 149 cm³/mol. The van der Waals surface area contributed by atoms with E-state index in [2.05, 4.69) is 5.32 Å². The Hall–Kier alpha value is -3.54. The molecule has 0 radical (unpaired) electrons. The second-order valence-corrected chi connectivity index (χ2v) is 11.5. The van der Waals surface area contributed by atoms with Gasteiger partial charge in [0.1, 0.15) is 31.6 Å². The number of ether oxygens (including phenoxy) is 2. The Morgan fingerprint density at radius 1 is 1.00 bits per heavy atom. The average Bonchev–Trinajstić information content (AvgIpc) is 2.95. The summed E-state index contributed by atoms with van der Waals surface area (Å²) in [5, 5.41) is 3.04. The average molecular weight is 610 g/mol. The molecule has 1 heterocycles. The Labute approximate surface area is 241 Å². The normalized spacial score (nSPS) is 13.3. The third-order valence-corrected chi connectivity index (χ3v) is 8.78. The van der Waals surface area contributed by atoms with Crippen LogP contribution in [0.25, 0.3) is 0 Å². The van der Waals surface area contributed by atoms with Crippen LogP contribution >= 0.6 is 23.2 Å². The van der Waals surface area contributed by atoms with Crippen molar-refractivity contribution in [2.75, 3.05) is 31.1 Å². The molecule has 1 N–H and O–H groups in total. The summed E-state index contributed by atoms with van der Waals surface area (Å²) in [5.41, 5.74) is 0.422. The molecule has 9 nitrogen and oxygen atoms in total. The van der Waals surface area contributed by atoms with E-state index >= 15 is 0 Å². The summed E-state index contributed by atoms with van der Waals surface area (Å²) < 4.78 is 53.5. The first kappa shape index (κ1) is 29.4. The van der Waals surface area contributed by atoms with Crippen molar-refractivity contribution < 1.29 is 31.9 Å². The molecule has 2 amide bonds. The Morgan fingerprint density at radius 2 is 1.62 bits per heavy atom. The fourth-order valence-electron chi connectivity index (χ4n) is 4.09. The van der Waals surface area contributed by atoms with Crippen LogP contribution in [0, 0.1) is 5.82 Å². The summed E-state index contributed by atoms with van der Waals surface area (Å²) in [7, 11) is -2.98. The fraction of sp³-hybridized carbons (Fsp3) is 0.259. The van der Waals surface area contributed by atoms with Gasteiger partial charge in [0, 0.05) is 35.3 Å². The largest absolute Gasteiger partial charge is 0.486 e. The third-order valence-electron chi connectivity index (χ3n) is 6.30. The van der Waals surface area contributed by atoms with E-state index in [0.29, 0.717) is 17.9 Å². The number of rotatable bonds is 9. The second-order valence-electron chi connectivity index (χ2n) is 8.81. The molecule has 0 aromatic heterocycles. The zero-order valence-electron chi connectivity index (χ0n) is 21.6. The molecule has 212 valence electrons. The van der Waals surface area contributed by atoms with Crippen molar-refractivity contribution in [3.63, 3.8) is 0 Å². The molecule has 40 heavy (non-hydrogen) atoms. The zero-order valence-corrected chi connectivity index (χ0v) is 23.9. The first-order valence-corrected chi connectivity index (χ1v) is 14.3. The van der Waals surface area contributed by atoms with Gasteiger partial charge in [-0.2, -0.15) is 0 Å². The highest BCUT2D eigenvalue weighted by atomic mass is 35.5. The lowest BCUT2D eigenvalue weighted by Gasteiger charge is -2.32. The molecular formula is C27H26Cl2FN3O6S. The number of carbonyl (C=O) groups is 2. The van der Waals surface area contributed by atoms with Crippen molar-refractivity contribution in [2.24, 2.45) is 0 Å². The van der Waals surface area contributed by atoms with Gasteiger partial charge in [0.15, 0.2) is 11.5 Å². The van der Waals surface area contributed by atoms with Crippen molar-refractivity contribution >= 4 is 50.7 Å². The maximum atomic E-state index is 13.9. The number of anilines is 1. The number of nitrogens with zero attached hydrogens (tertiary/aromatic N) is 2. The standard InChI is InChI=1S/C27H26Cl2FN3O6S/c1-17(27(35)31-2)32(15-21-22(28)4-3-5-23(21)29)26(34)16-33(19-8-6-18(30)7-9-19)40(36,37)20-10-11-24-25(14-20)39-13-12-38-24/h3-11,14,17H,12-13,15-16H2,1-2H3,(H,31,35)/t17-/m0/s1. The molecule has 1 aliphatic heterocycles. The van der Waals surface area contributed by atoms with E-state index in [4.69, 9.17) is 32.7 Å². The SMILES string of the molecule is CNC(=O)[C@H](C)N(Cc1c(Cl)cccc1Cl)C(=O)CN(c1ccc(F)cc1)S(=O)(=O)c1ccc2c(c1)OCCO2. The monoisotopic (exact) mass is 609 g/mol. The van der Waals surface area contributed by atoms with Crippen LogP contribution in [0.2, 0.25) is 10.0 Å². The van der Waals surface area contributed by atoms with Crippen molar-refractivity contribution in [1.29, 1.82) is 0 Å². The first-order chi connectivity index (χ1) is 19.0. The number of amides is 2. The quantitative estimate of drug-likeness (QED) is 0.388. The fourth-order valence-corrected chi connectivity index (χ4v) is 6.04. The maximum absolute atomic E-state index is 13.9. The van der Waals surface area contributed by atoms with Gasteiger partial charge in [-0.1, -0.05) is 29.3 Å². The van der Waals surface area contributed by atoms with Gasteiger partial charge in [-0.3, -0.25) is 13.9 Å². The van der Waals surface area contributed by atoms with Crippen LogP contribution in [-0.4, -0.2) is 58.0 Å². The van der Waals surface area contributed by atoms with Gasteiger partial charge in [0.2, 0.25) is 11.8 Å². The van der Waals surface area contributed by atoms with E-state index < -0.39 is 40.2 Å². The molecule has 4 rings (SSSR count). The van der Waals surface area contributed by atoms with E-state index in [9.17, 15) is 22.4 Å². The Kier molecular flexibility index (Phi) is 9.07. The summed E-state index contributed by atoms with van der Waals surface area (Å²) in [6.07, 6.45) is 0. The molecule has 0 spiro atoms. The highest BCUT2D eigenvalue weighted by Crippen LogP contribution is 2.34. The Balaban J connectivity index is 1.75. The number of likely N-dealkylation sites (N-methyl/N-ethyl adjacent to an activating group) is 1. The molecule has 0 saturated carbocycles. The summed E-state index contributed by atoms with van der Waals surface area (Å²) in [4.78, 5) is 27.4. The molecular weight excluding hydrogens is 584 g/mol. The third kappa shape index (κ3) is 6.27. The van der Waals surface area contributed by atoms with Gasteiger partial charge in [-0.25, -0.2) is 12.8 Å². The van der Waals surface area contributed by atoms with Crippen LogP contribution < -0.4 is 19.1 Å². The van der Waals surface area contributed by atoms with Gasteiger partial charge in [0.25, 0.3) is 10.0 Å². The molecule has 1 aliphatic rings. The van der Waals surface area contributed by atoms with Gasteiger partial charge < -0.3 is 19.7 Å². The lowest BCUT2D eigenvalue weighted by Crippen LogP contribution is -2.50. The lowest BCUT2D eigenvalue weighted by molar-refractivity contribution is -0.139. The topological polar surface area (TPSA) is 105 Å². The van der Waals surface area contributed by atoms with Crippen LogP contribution in [0.15, 0.2) is 65.6 Å². The number of benzene rings is 3. The molecule has 0 bridgehead atoms. The van der Waals surface area contributed by atoms with Gasteiger partial charge in [-0.15, -0.1) is 0 Å². The zero-order chi connectivity index (χ0) is 29.0. The van der Waals surface area contributed by atoms with E-state index in [0.717, 1.165) is 16.4 Å². The highest BCUT2D eigenvalue weighted by molar-refractivity contribution is 7.92. The number of carbonyl (C=O) groups excluding carboxylic acids is 2. The van der Waals surface area contributed by atoms with Crippen molar-refractivity contribution in [3.05, 3.63) is 82.1 Å². The Bertz CT molecular complexity index is 1500. The molecule has 3 aromatic carbocycles. The summed E-state index contributed by atoms with van der Waals surface area (Å²) in [6.45, 7) is 1.18. The number of hydrogen-bond acceptors (Lipinski definition) is 6. The number of nitrogens with one attached hydrogen (secondary N) is 1. The van der Waals surface area contributed by atoms with Gasteiger partial charge in [-0.05, 0) is 55.5 Å². The van der Waals surface area contributed by atoms with E-state index in [1.165, 1.54) is 49.2 Å². The highest BCUT2D eigenvalue weighted by Gasteiger charge is 2.33. The van der Waals surface area contributed by atoms with Crippen LogP contribution in [0.4, 0.5) is 10.1 Å². The van der Waals surface area contributed by atoms with E-state index in [1.807, 2.05) is 0 Å². The summed E-state index contributed by atoms with van der Waals surface area (Å²) in [5.74, 6) is -1.18. The van der Waals surface area contributed by atoms with Crippen molar-refractivity contribution in [3.8, 4) is 11.5 Å². The number of sulfonamides is 1. The summed E-state index contributed by atoms with van der Waals surface area (Å²) in [6, 6.07) is 12.6. The lowest BCUT2D eigenvalue weighted by atomic mass is 10.1. The minimum atomic E-state index is -4.39. The van der Waals surface area contributed by atoms with Gasteiger partial charge >= 0.3 is 0 Å². The van der Waals surface area contributed by atoms with Gasteiger partial charge in [0.05, 0.1) is 10.6 Å². The predicted octanol–water partition coefficient (Wildman–Crippen LogP) is 4.26. The van der Waals surface area contributed by atoms with Crippen LogP contribution in [0.3, 0.4) is 0 Å². The molecule has 0 saturated heterocycles. The molecule has 13 heteroatoms. The molecule has 0 aliphatic carbocycles. The van der Waals surface area contributed by atoms with Crippen molar-refractivity contribution in [1.82, 2.24) is 10.2 Å². The summed E-state index contributed by atoms with van der Waals surface area (Å²) >= 11 is 12.7. The number of halogens is 3. The van der Waals surface area contributed by atoms with E-state index in [1.54, 1.807) is 18.2 Å².